The zero-order valence-electron chi connectivity index (χ0n) is 10.1. The Bertz CT molecular complexity index is 579. The number of hydrogen-bond acceptors (Lipinski definition) is 4. The molecule has 1 aromatic rings. The zero-order chi connectivity index (χ0) is 16.4. The van der Waals surface area contributed by atoms with Gasteiger partial charge in [0.2, 0.25) is 0 Å². The number of nitrogen functional groups attached to an aromatic ring is 1. The lowest BCUT2D eigenvalue weighted by Crippen LogP contribution is -2.41. The van der Waals surface area contributed by atoms with E-state index in [2.05, 4.69) is 0 Å². The fourth-order valence-electron chi connectivity index (χ4n) is 1.28. The van der Waals surface area contributed by atoms with Gasteiger partial charge in [-0.2, -0.15) is 8.78 Å². The molecule has 0 bridgehead atoms. The number of anilines is 1. The van der Waals surface area contributed by atoms with Crippen LogP contribution in [0.25, 0.3) is 0 Å². The van der Waals surface area contributed by atoms with Crippen LogP contribution >= 0.6 is 0 Å². The second-order valence-corrected chi connectivity index (χ2v) is 3.89. The lowest BCUT2D eigenvalue weighted by atomic mass is 10.1. The third-order valence-electron chi connectivity index (χ3n) is 2.36. The van der Waals surface area contributed by atoms with E-state index in [9.17, 15) is 36.9 Å². The number of nitro groups is 1. The van der Waals surface area contributed by atoms with E-state index in [0.29, 0.717) is 12.1 Å². The molecule has 0 aliphatic carbocycles. The van der Waals surface area contributed by atoms with Gasteiger partial charge < -0.3 is 11.1 Å². The van der Waals surface area contributed by atoms with E-state index in [1.807, 2.05) is 0 Å². The summed E-state index contributed by atoms with van der Waals surface area (Å²) in [6.07, 6.45) is -4.02. The standard InChI is InChI=1S/C10H8F5N3O3/c11-5-2-7(18(20)21)4(1-6(5)16)8(19)17-3-10(14,15)9(12)13/h1-2,9H,3,16H2,(H,17,19). The Kier molecular flexibility index (Phi) is 4.66. The van der Waals surface area contributed by atoms with Crippen LogP contribution < -0.4 is 11.1 Å². The van der Waals surface area contributed by atoms with Crippen LogP contribution in [0, 0.1) is 15.9 Å². The quantitative estimate of drug-likeness (QED) is 0.376. The highest BCUT2D eigenvalue weighted by molar-refractivity contribution is 5.99. The van der Waals surface area contributed by atoms with Gasteiger partial charge in [-0.15, -0.1) is 0 Å². The number of carbonyl (C=O) groups is 1. The molecule has 1 aromatic carbocycles. The molecule has 1 rings (SSSR count). The monoisotopic (exact) mass is 313 g/mol. The average molecular weight is 313 g/mol. The number of nitrogens with one attached hydrogen (secondary N) is 1. The van der Waals surface area contributed by atoms with Crippen molar-refractivity contribution in [2.45, 2.75) is 12.3 Å². The predicted octanol–water partition coefficient (Wildman–Crippen LogP) is 1.95. The van der Waals surface area contributed by atoms with Crippen LogP contribution in [0.1, 0.15) is 10.4 Å². The molecular weight excluding hydrogens is 305 g/mol. The number of hydrogen-bond donors (Lipinski definition) is 2. The normalized spacial score (nSPS) is 11.5. The molecular formula is C10H8F5N3O3. The van der Waals surface area contributed by atoms with Crippen molar-refractivity contribution in [1.82, 2.24) is 5.32 Å². The average Bonchev–Trinajstić information content (AvgIpc) is 2.38. The van der Waals surface area contributed by atoms with E-state index in [1.165, 1.54) is 5.32 Å². The van der Waals surface area contributed by atoms with Gasteiger partial charge in [-0.25, -0.2) is 13.2 Å². The number of alkyl halides is 4. The van der Waals surface area contributed by atoms with Gasteiger partial charge in [0.25, 0.3) is 11.6 Å². The Balaban J connectivity index is 3.03. The van der Waals surface area contributed by atoms with E-state index < -0.39 is 52.5 Å². The predicted molar refractivity (Wildman–Crippen MR) is 60.8 cm³/mol. The second kappa shape index (κ2) is 5.89. The smallest absolute Gasteiger partial charge is 0.324 e. The Morgan fingerprint density at radius 2 is 2.00 bits per heavy atom. The van der Waals surface area contributed by atoms with Crippen molar-refractivity contribution in [3.63, 3.8) is 0 Å². The molecule has 0 heterocycles. The Labute approximate surface area is 113 Å². The highest BCUT2D eigenvalue weighted by atomic mass is 19.3. The van der Waals surface area contributed by atoms with Crippen LogP contribution in [-0.2, 0) is 0 Å². The van der Waals surface area contributed by atoms with E-state index in [-0.39, 0.29) is 0 Å². The lowest BCUT2D eigenvalue weighted by Gasteiger charge is -2.15. The van der Waals surface area contributed by atoms with Crippen molar-refractivity contribution in [1.29, 1.82) is 0 Å². The van der Waals surface area contributed by atoms with Gasteiger partial charge in [0.15, 0.2) is 5.82 Å². The minimum absolute atomic E-state index is 0.329. The molecule has 6 nitrogen and oxygen atoms in total. The van der Waals surface area contributed by atoms with Crippen molar-refractivity contribution in [2.75, 3.05) is 12.3 Å². The van der Waals surface area contributed by atoms with Gasteiger partial charge in [0, 0.05) is 0 Å². The molecule has 0 aliphatic rings. The number of nitrogens with zero attached hydrogens (tertiary/aromatic N) is 1. The number of nitrogens with two attached hydrogens (primary N) is 1. The zero-order valence-corrected chi connectivity index (χ0v) is 10.1. The van der Waals surface area contributed by atoms with Crippen LogP contribution in [0.2, 0.25) is 0 Å². The number of halogens is 5. The van der Waals surface area contributed by atoms with Gasteiger partial charge in [-0.1, -0.05) is 0 Å². The molecule has 0 radical (unpaired) electrons. The number of nitro benzene ring substituents is 1. The third kappa shape index (κ3) is 3.77. The van der Waals surface area contributed by atoms with Crippen LogP contribution in [0.4, 0.5) is 33.3 Å². The highest BCUT2D eigenvalue weighted by Crippen LogP contribution is 2.25. The van der Waals surface area contributed by atoms with Crippen molar-refractivity contribution in [3.8, 4) is 0 Å². The van der Waals surface area contributed by atoms with Crippen molar-refractivity contribution < 1.29 is 31.7 Å². The molecule has 0 atom stereocenters. The summed E-state index contributed by atoms with van der Waals surface area (Å²) in [5.74, 6) is -7.14. The van der Waals surface area contributed by atoms with E-state index in [0.717, 1.165) is 0 Å². The maximum atomic E-state index is 13.1. The van der Waals surface area contributed by atoms with E-state index in [1.54, 1.807) is 0 Å². The fourth-order valence-corrected chi connectivity index (χ4v) is 1.28. The summed E-state index contributed by atoms with van der Waals surface area (Å²) >= 11 is 0. The van der Waals surface area contributed by atoms with Gasteiger partial charge in [0.05, 0.1) is 23.2 Å². The largest absolute Gasteiger partial charge is 0.396 e. The second-order valence-electron chi connectivity index (χ2n) is 3.89. The molecule has 1 amide bonds. The molecule has 11 heteroatoms. The van der Waals surface area contributed by atoms with Crippen molar-refractivity contribution in [3.05, 3.63) is 33.6 Å². The van der Waals surface area contributed by atoms with Crippen molar-refractivity contribution in [2.24, 2.45) is 0 Å². The Morgan fingerprint density at radius 1 is 1.43 bits per heavy atom. The summed E-state index contributed by atoms with van der Waals surface area (Å²) in [6.45, 7) is -1.74. The molecule has 0 saturated heterocycles. The molecule has 0 aliphatic heterocycles. The maximum absolute atomic E-state index is 13.1. The Hall–Kier alpha value is -2.46. The summed E-state index contributed by atoms with van der Waals surface area (Å²) in [7, 11) is 0. The Morgan fingerprint density at radius 3 is 2.48 bits per heavy atom. The van der Waals surface area contributed by atoms with Gasteiger partial charge in [-0.3, -0.25) is 14.9 Å². The summed E-state index contributed by atoms with van der Waals surface area (Å²) in [5.41, 5.74) is 2.63. The van der Waals surface area contributed by atoms with Gasteiger partial charge in [0.1, 0.15) is 5.56 Å². The molecule has 0 aromatic heterocycles. The first-order valence-corrected chi connectivity index (χ1v) is 5.24. The topological polar surface area (TPSA) is 98.3 Å². The molecule has 21 heavy (non-hydrogen) atoms. The number of amides is 1. The first-order valence-electron chi connectivity index (χ1n) is 5.24. The minimum Gasteiger partial charge on any atom is -0.396 e. The third-order valence-corrected chi connectivity index (χ3v) is 2.36. The summed E-state index contributed by atoms with van der Waals surface area (Å²) in [4.78, 5) is 21.0. The highest BCUT2D eigenvalue weighted by Gasteiger charge is 2.41. The SMILES string of the molecule is Nc1cc(C(=O)NCC(F)(F)C(F)F)c([N+](=O)[O-])cc1F. The van der Waals surface area contributed by atoms with E-state index in [4.69, 9.17) is 5.73 Å². The number of carbonyl (C=O) groups excluding carboxylic acids is 1. The van der Waals surface area contributed by atoms with Gasteiger partial charge in [-0.05, 0) is 6.07 Å². The van der Waals surface area contributed by atoms with Crippen molar-refractivity contribution >= 4 is 17.3 Å². The van der Waals surface area contributed by atoms with Crippen LogP contribution in [0.5, 0.6) is 0 Å². The fraction of sp³-hybridized carbons (Fsp3) is 0.300. The van der Waals surface area contributed by atoms with Crippen LogP contribution in [0.3, 0.4) is 0 Å². The van der Waals surface area contributed by atoms with Gasteiger partial charge >= 0.3 is 12.3 Å². The molecule has 3 N–H and O–H groups in total. The van der Waals surface area contributed by atoms with Crippen LogP contribution in [0.15, 0.2) is 12.1 Å². The molecule has 0 unspecified atom stereocenters. The first kappa shape index (κ1) is 16.6. The lowest BCUT2D eigenvalue weighted by molar-refractivity contribution is -0.385. The summed E-state index contributed by atoms with van der Waals surface area (Å²) < 4.78 is 62.2. The molecule has 116 valence electrons. The minimum atomic E-state index is -4.50. The van der Waals surface area contributed by atoms with Crippen LogP contribution in [-0.4, -0.2) is 29.7 Å². The molecule has 0 saturated carbocycles. The van der Waals surface area contributed by atoms with E-state index >= 15 is 0 Å². The first-order chi connectivity index (χ1) is 9.56. The number of rotatable bonds is 5. The maximum Gasteiger partial charge on any atom is 0.324 e. The number of benzene rings is 1. The molecule has 0 spiro atoms. The molecule has 0 fully saturated rings. The summed E-state index contributed by atoms with van der Waals surface area (Å²) in [5, 5.41) is 12.1. The summed E-state index contributed by atoms with van der Waals surface area (Å²) in [6, 6.07) is 0.888.